The number of rotatable bonds is 3. The highest BCUT2D eigenvalue weighted by atomic mass is 32.1. The van der Waals surface area contributed by atoms with E-state index in [0.717, 1.165) is 47.1 Å². The molecule has 1 aliphatic heterocycles. The Kier molecular flexibility index (Phi) is 4.46. The fraction of sp³-hybridized carbons (Fsp3) is 0.316. The molecular formula is C19H20N4OS. The van der Waals surface area contributed by atoms with Gasteiger partial charge in [0.05, 0.1) is 10.8 Å². The van der Waals surface area contributed by atoms with E-state index in [4.69, 9.17) is 0 Å². The van der Waals surface area contributed by atoms with Crippen LogP contribution in [0.3, 0.4) is 0 Å². The Morgan fingerprint density at radius 1 is 1.28 bits per heavy atom. The summed E-state index contributed by atoms with van der Waals surface area (Å²) in [5.41, 5.74) is 1.11. The highest BCUT2D eigenvalue weighted by Gasteiger charge is 2.24. The summed E-state index contributed by atoms with van der Waals surface area (Å²) in [7, 11) is 2.07. The topological polar surface area (TPSA) is 58.1 Å². The Bertz CT molecular complexity index is 907. The van der Waals surface area contributed by atoms with Crippen LogP contribution in [0.2, 0.25) is 0 Å². The molecule has 4 rings (SSSR count). The van der Waals surface area contributed by atoms with E-state index in [1.165, 1.54) is 11.3 Å². The van der Waals surface area contributed by atoms with Gasteiger partial charge in [0, 0.05) is 30.5 Å². The lowest BCUT2D eigenvalue weighted by Crippen LogP contribution is -2.38. The minimum absolute atomic E-state index is 0.0549. The molecule has 3 aromatic rings. The predicted octanol–water partition coefficient (Wildman–Crippen LogP) is 3.64. The minimum atomic E-state index is 0.0549. The Morgan fingerprint density at radius 3 is 3.08 bits per heavy atom. The summed E-state index contributed by atoms with van der Waals surface area (Å²) in [6, 6.07) is 8.26. The van der Waals surface area contributed by atoms with Gasteiger partial charge >= 0.3 is 0 Å². The number of nitrogens with zero attached hydrogens (tertiary/aromatic N) is 3. The zero-order valence-electron chi connectivity index (χ0n) is 14.1. The zero-order chi connectivity index (χ0) is 17.2. The standard InChI is InChI=1S/C19H20N4OS/c1-23-8-2-3-16(12-23)18(24)22-19-21-11-17(25-19)14-4-5-15-10-20-7-6-13(15)9-14/h4-7,9-11,16H,2-3,8,12H2,1H3,(H,21,22,24). The first-order chi connectivity index (χ1) is 12.2. The second kappa shape index (κ2) is 6.90. The number of fused-ring (bicyclic) bond motifs is 1. The van der Waals surface area contributed by atoms with Gasteiger partial charge in [0.1, 0.15) is 0 Å². The molecule has 1 saturated heterocycles. The van der Waals surface area contributed by atoms with Crippen molar-refractivity contribution in [2.75, 3.05) is 25.5 Å². The SMILES string of the molecule is CN1CCCC(C(=O)Nc2ncc(-c3ccc4cnccc4c3)s2)C1. The van der Waals surface area contributed by atoms with E-state index >= 15 is 0 Å². The Labute approximate surface area is 150 Å². The van der Waals surface area contributed by atoms with E-state index in [1.54, 1.807) is 6.20 Å². The number of benzene rings is 1. The van der Waals surface area contributed by atoms with Gasteiger partial charge in [-0.05, 0) is 49.5 Å². The monoisotopic (exact) mass is 352 g/mol. The van der Waals surface area contributed by atoms with E-state index in [-0.39, 0.29) is 11.8 Å². The summed E-state index contributed by atoms with van der Waals surface area (Å²) in [4.78, 5) is 24.2. The largest absolute Gasteiger partial charge is 0.306 e. The van der Waals surface area contributed by atoms with Crippen molar-refractivity contribution in [3.8, 4) is 10.4 Å². The van der Waals surface area contributed by atoms with Crippen LogP contribution < -0.4 is 5.32 Å². The highest BCUT2D eigenvalue weighted by Crippen LogP contribution is 2.31. The number of anilines is 1. The average molecular weight is 352 g/mol. The molecule has 25 heavy (non-hydrogen) atoms. The zero-order valence-corrected chi connectivity index (χ0v) is 14.9. The molecule has 2 aromatic heterocycles. The van der Waals surface area contributed by atoms with Crippen LogP contribution >= 0.6 is 11.3 Å². The lowest BCUT2D eigenvalue weighted by atomic mass is 9.98. The number of amides is 1. The van der Waals surface area contributed by atoms with Gasteiger partial charge < -0.3 is 10.2 Å². The van der Waals surface area contributed by atoms with Gasteiger partial charge in [0.25, 0.3) is 0 Å². The molecule has 0 spiro atoms. The highest BCUT2D eigenvalue weighted by molar-refractivity contribution is 7.19. The van der Waals surface area contributed by atoms with Gasteiger partial charge in [-0.2, -0.15) is 0 Å². The van der Waals surface area contributed by atoms with Gasteiger partial charge in [-0.3, -0.25) is 9.78 Å². The van der Waals surface area contributed by atoms with E-state index in [1.807, 2.05) is 18.5 Å². The first-order valence-corrected chi connectivity index (χ1v) is 9.30. The van der Waals surface area contributed by atoms with Gasteiger partial charge in [0.15, 0.2) is 5.13 Å². The maximum Gasteiger partial charge on any atom is 0.230 e. The summed E-state index contributed by atoms with van der Waals surface area (Å²) in [6.45, 7) is 1.89. The van der Waals surface area contributed by atoms with E-state index in [0.29, 0.717) is 5.13 Å². The first-order valence-electron chi connectivity index (χ1n) is 8.48. The molecule has 1 atom stereocenters. The van der Waals surface area contributed by atoms with Crippen LogP contribution in [0.25, 0.3) is 21.2 Å². The van der Waals surface area contributed by atoms with Crippen molar-refractivity contribution in [3.63, 3.8) is 0 Å². The van der Waals surface area contributed by atoms with E-state index in [2.05, 4.69) is 45.4 Å². The quantitative estimate of drug-likeness (QED) is 0.782. The number of likely N-dealkylation sites (tertiary alicyclic amines) is 1. The number of nitrogens with one attached hydrogen (secondary N) is 1. The van der Waals surface area contributed by atoms with Crippen LogP contribution in [0.5, 0.6) is 0 Å². The fourth-order valence-corrected chi connectivity index (χ4v) is 4.11. The van der Waals surface area contributed by atoms with Crippen LogP contribution in [0.1, 0.15) is 12.8 Å². The van der Waals surface area contributed by atoms with Crippen LogP contribution in [0.15, 0.2) is 42.9 Å². The predicted molar refractivity (Wildman–Crippen MR) is 102 cm³/mol. The van der Waals surface area contributed by atoms with Crippen molar-refractivity contribution in [1.29, 1.82) is 0 Å². The summed E-state index contributed by atoms with van der Waals surface area (Å²) in [5, 5.41) is 5.93. The number of piperidine rings is 1. The summed E-state index contributed by atoms with van der Waals surface area (Å²) < 4.78 is 0. The van der Waals surface area contributed by atoms with Gasteiger partial charge in [0.2, 0.25) is 5.91 Å². The molecule has 128 valence electrons. The van der Waals surface area contributed by atoms with Gasteiger partial charge in [-0.1, -0.05) is 23.5 Å². The first kappa shape index (κ1) is 16.2. The number of carbonyl (C=O) groups is 1. The van der Waals surface area contributed by atoms with E-state index < -0.39 is 0 Å². The van der Waals surface area contributed by atoms with Crippen LogP contribution in [-0.2, 0) is 4.79 Å². The molecule has 1 amide bonds. The molecule has 0 bridgehead atoms. The van der Waals surface area contributed by atoms with Crippen molar-refractivity contribution in [3.05, 3.63) is 42.9 Å². The van der Waals surface area contributed by atoms with Crippen molar-refractivity contribution < 1.29 is 4.79 Å². The van der Waals surface area contributed by atoms with Crippen molar-refractivity contribution in [1.82, 2.24) is 14.9 Å². The van der Waals surface area contributed by atoms with Crippen LogP contribution in [0.4, 0.5) is 5.13 Å². The third-order valence-electron chi connectivity index (χ3n) is 4.66. The normalized spacial score (nSPS) is 18.4. The molecule has 3 heterocycles. The maximum atomic E-state index is 12.5. The Hall–Kier alpha value is -2.31. The van der Waals surface area contributed by atoms with Gasteiger partial charge in [-0.25, -0.2) is 4.98 Å². The third-order valence-corrected chi connectivity index (χ3v) is 5.62. The summed E-state index contributed by atoms with van der Waals surface area (Å²) in [5.74, 6) is 0.135. The van der Waals surface area contributed by atoms with Crippen molar-refractivity contribution in [2.24, 2.45) is 5.92 Å². The lowest BCUT2D eigenvalue weighted by molar-refractivity contribution is -0.121. The number of pyridine rings is 1. The Morgan fingerprint density at radius 2 is 2.20 bits per heavy atom. The molecule has 1 N–H and O–H groups in total. The fourth-order valence-electron chi connectivity index (χ4n) is 3.29. The minimum Gasteiger partial charge on any atom is -0.306 e. The molecule has 0 aliphatic carbocycles. The maximum absolute atomic E-state index is 12.5. The second-order valence-corrected chi connectivity index (χ2v) is 7.59. The summed E-state index contributed by atoms with van der Waals surface area (Å²) >= 11 is 1.52. The van der Waals surface area contributed by atoms with Crippen LogP contribution in [0, 0.1) is 5.92 Å². The molecule has 5 nitrogen and oxygen atoms in total. The summed E-state index contributed by atoms with van der Waals surface area (Å²) in [6.07, 6.45) is 7.51. The van der Waals surface area contributed by atoms with Gasteiger partial charge in [-0.15, -0.1) is 0 Å². The smallest absolute Gasteiger partial charge is 0.230 e. The number of aromatic nitrogens is 2. The molecule has 6 heteroatoms. The molecule has 1 aliphatic rings. The molecule has 0 radical (unpaired) electrons. The lowest BCUT2D eigenvalue weighted by Gasteiger charge is -2.28. The van der Waals surface area contributed by atoms with Crippen molar-refractivity contribution in [2.45, 2.75) is 12.8 Å². The Balaban J connectivity index is 1.50. The average Bonchev–Trinajstić information content (AvgIpc) is 3.10. The number of thiazole rings is 1. The molecule has 1 unspecified atom stereocenters. The number of hydrogen-bond acceptors (Lipinski definition) is 5. The second-order valence-electron chi connectivity index (χ2n) is 6.56. The molecule has 1 fully saturated rings. The third kappa shape index (κ3) is 3.55. The molecular weight excluding hydrogens is 332 g/mol. The van der Waals surface area contributed by atoms with Crippen molar-refractivity contribution >= 4 is 33.1 Å². The molecule has 1 aromatic carbocycles. The molecule has 0 saturated carbocycles. The van der Waals surface area contributed by atoms with E-state index in [9.17, 15) is 4.79 Å². The van der Waals surface area contributed by atoms with Crippen LogP contribution in [-0.4, -0.2) is 40.9 Å². The number of hydrogen-bond donors (Lipinski definition) is 1. The number of carbonyl (C=O) groups excluding carboxylic acids is 1.